The Kier molecular flexibility index (Phi) is 9.84. The molecule has 4 N–H and O–H groups in total. The standard InChI is InChI=1S/C26H28Cl2FN6O3/c1-3-34-10-12-35(13-11-34)26(37)16-4-6-17(7-5-16)33-25(36)20(30)14-21(24(31)32)38-15(2)22-18(27)8-9-19(29)23(22)28/h4-9,14-15,30H,3,10-13H2,1-2H3,(H3-,31,32,33,36,37)/q-1/b21-14+,30-20?. The fourth-order valence-electron chi connectivity index (χ4n) is 3.87. The molecule has 0 spiro atoms. The van der Waals surface area contributed by atoms with Crippen molar-refractivity contribution in [3.8, 4) is 0 Å². The molecular formula is C26H28Cl2FN6O3-. The van der Waals surface area contributed by atoms with Crippen LogP contribution in [0.1, 0.15) is 35.9 Å². The van der Waals surface area contributed by atoms with Gasteiger partial charge in [0, 0.05) is 54.1 Å². The predicted molar refractivity (Wildman–Crippen MR) is 147 cm³/mol. The number of amidine groups is 1. The molecule has 1 unspecified atom stereocenters. The third-order valence-electron chi connectivity index (χ3n) is 6.06. The van der Waals surface area contributed by atoms with Gasteiger partial charge in [-0.25, -0.2) is 4.39 Å². The summed E-state index contributed by atoms with van der Waals surface area (Å²) in [7, 11) is 0. The zero-order chi connectivity index (χ0) is 28.0. The molecule has 2 aromatic rings. The second-order valence-electron chi connectivity index (χ2n) is 8.58. The maximum Gasteiger partial charge on any atom is 0.273 e. The molecule has 0 bridgehead atoms. The molecule has 9 nitrogen and oxygen atoms in total. The van der Waals surface area contributed by atoms with E-state index in [1.165, 1.54) is 13.0 Å². The normalized spacial score (nSPS) is 15.1. The van der Waals surface area contributed by atoms with Crippen LogP contribution in [0.5, 0.6) is 0 Å². The van der Waals surface area contributed by atoms with Gasteiger partial charge in [-0.15, -0.1) is 0 Å². The topological polar surface area (TPSA) is 134 Å². The van der Waals surface area contributed by atoms with Gasteiger partial charge in [0.05, 0.1) is 5.02 Å². The number of amides is 2. The van der Waals surface area contributed by atoms with E-state index in [1.807, 2.05) is 0 Å². The number of anilines is 1. The summed E-state index contributed by atoms with van der Waals surface area (Å²) in [5.74, 6) is -2.83. The van der Waals surface area contributed by atoms with Gasteiger partial charge in [0.25, 0.3) is 11.8 Å². The minimum absolute atomic E-state index is 0.0855. The smallest absolute Gasteiger partial charge is 0.273 e. The maximum atomic E-state index is 13.9. The zero-order valence-electron chi connectivity index (χ0n) is 20.9. The summed E-state index contributed by atoms with van der Waals surface area (Å²) < 4.78 is 19.4. The third kappa shape index (κ3) is 7.09. The minimum Gasteiger partial charge on any atom is -0.492 e. The molecule has 1 saturated heterocycles. The van der Waals surface area contributed by atoms with Crippen LogP contribution < -0.4 is 11.1 Å². The summed E-state index contributed by atoms with van der Waals surface area (Å²) in [6.45, 7) is 7.49. The van der Waals surface area contributed by atoms with Crippen LogP contribution in [-0.2, 0) is 9.53 Å². The first-order valence-electron chi connectivity index (χ1n) is 11.9. The Morgan fingerprint density at radius 3 is 2.39 bits per heavy atom. The first kappa shape index (κ1) is 29.1. The fourth-order valence-corrected chi connectivity index (χ4v) is 4.55. The van der Waals surface area contributed by atoms with Gasteiger partial charge in [-0.3, -0.25) is 15.0 Å². The Hall–Kier alpha value is -3.47. The molecule has 202 valence electrons. The van der Waals surface area contributed by atoms with Crippen LogP contribution in [0, 0.1) is 11.2 Å². The van der Waals surface area contributed by atoms with Crippen molar-refractivity contribution in [3.05, 3.63) is 80.6 Å². The first-order valence-corrected chi connectivity index (χ1v) is 12.6. The lowest BCUT2D eigenvalue weighted by molar-refractivity contribution is -0.110. The Balaban J connectivity index is 1.65. The molecule has 2 amide bonds. The molecule has 1 aliphatic rings. The molecule has 1 heterocycles. The Morgan fingerprint density at radius 1 is 1.18 bits per heavy atom. The number of carbonyl (C=O) groups is 2. The number of ether oxygens (including phenoxy) is 1. The quantitative estimate of drug-likeness (QED) is 0.180. The summed E-state index contributed by atoms with van der Waals surface area (Å²) in [4.78, 5) is 29.4. The largest absolute Gasteiger partial charge is 0.492 e. The van der Waals surface area contributed by atoms with Crippen LogP contribution in [-0.4, -0.2) is 65.9 Å². The monoisotopic (exact) mass is 561 g/mol. The molecular weight excluding hydrogens is 534 g/mol. The minimum atomic E-state index is -0.978. The van der Waals surface area contributed by atoms with Crippen LogP contribution in [0.25, 0.3) is 5.41 Å². The van der Waals surface area contributed by atoms with E-state index in [-0.39, 0.29) is 21.5 Å². The number of halogens is 3. The molecule has 0 radical (unpaired) electrons. The zero-order valence-corrected chi connectivity index (χ0v) is 22.4. The van der Waals surface area contributed by atoms with Gasteiger partial charge >= 0.3 is 0 Å². The maximum absolute atomic E-state index is 13.9. The van der Waals surface area contributed by atoms with E-state index in [4.69, 9.17) is 39.1 Å². The van der Waals surface area contributed by atoms with Gasteiger partial charge < -0.3 is 31.0 Å². The Labute approximate surface area is 230 Å². The molecule has 2 aromatic carbocycles. The van der Waals surface area contributed by atoms with Crippen LogP contribution in [0.4, 0.5) is 10.1 Å². The number of piperazine rings is 1. The SMILES string of the molecule is CCN1CCN(C(=O)c2ccc(NC(=O)C(=N)/C=C(/OC(C)c3c(Cl)ccc(F)c3Cl)C(=[N-])N)cc2)CC1. The predicted octanol–water partition coefficient (Wildman–Crippen LogP) is 4.46. The molecule has 1 atom stereocenters. The number of carbonyl (C=O) groups excluding carboxylic acids is 2. The lowest BCUT2D eigenvalue weighted by Crippen LogP contribution is -2.48. The summed E-state index contributed by atoms with van der Waals surface area (Å²) in [5.41, 5.74) is 5.83. The number of nitrogens with zero attached hydrogens (tertiary/aromatic N) is 3. The van der Waals surface area contributed by atoms with E-state index in [1.54, 1.807) is 29.2 Å². The number of benzene rings is 2. The van der Waals surface area contributed by atoms with Crippen molar-refractivity contribution in [1.82, 2.24) is 9.80 Å². The molecule has 0 aliphatic carbocycles. The van der Waals surface area contributed by atoms with E-state index in [2.05, 4.69) is 17.1 Å². The number of hydrogen-bond acceptors (Lipinski definition) is 5. The highest BCUT2D eigenvalue weighted by Gasteiger charge is 2.22. The highest BCUT2D eigenvalue weighted by Crippen LogP contribution is 2.35. The van der Waals surface area contributed by atoms with E-state index in [9.17, 15) is 19.4 Å². The highest BCUT2D eigenvalue weighted by molar-refractivity contribution is 6.46. The number of likely N-dealkylation sites (N-methyl/N-ethyl adjacent to an activating group) is 1. The molecule has 3 rings (SSSR count). The van der Waals surface area contributed by atoms with Gasteiger partial charge in [0.1, 0.15) is 23.4 Å². The summed E-state index contributed by atoms with van der Waals surface area (Å²) in [6.07, 6.45) is -0.0654. The first-order chi connectivity index (χ1) is 18.0. The van der Waals surface area contributed by atoms with Crippen molar-refractivity contribution in [2.24, 2.45) is 5.73 Å². The van der Waals surface area contributed by atoms with Crippen LogP contribution in [0.2, 0.25) is 10.0 Å². The van der Waals surface area contributed by atoms with Gasteiger partial charge in [-0.2, -0.15) is 0 Å². The molecule has 1 fully saturated rings. The van der Waals surface area contributed by atoms with Crippen molar-refractivity contribution >= 4 is 52.3 Å². The van der Waals surface area contributed by atoms with Crippen molar-refractivity contribution in [2.75, 3.05) is 38.0 Å². The van der Waals surface area contributed by atoms with Crippen LogP contribution in [0.3, 0.4) is 0 Å². The summed E-state index contributed by atoms with van der Waals surface area (Å²) in [5, 5.41) is 20.3. The highest BCUT2D eigenvalue weighted by atomic mass is 35.5. The number of nitrogens with one attached hydrogen (secondary N) is 2. The van der Waals surface area contributed by atoms with Crippen molar-refractivity contribution in [1.29, 1.82) is 5.41 Å². The van der Waals surface area contributed by atoms with Crippen molar-refractivity contribution < 1.29 is 18.7 Å². The number of rotatable bonds is 9. The third-order valence-corrected chi connectivity index (χ3v) is 6.77. The van der Waals surface area contributed by atoms with E-state index >= 15 is 0 Å². The van der Waals surface area contributed by atoms with E-state index in [0.717, 1.165) is 31.8 Å². The summed E-state index contributed by atoms with van der Waals surface area (Å²) in [6, 6.07) is 8.72. The second kappa shape index (κ2) is 12.9. The summed E-state index contributed by atoms with van der Waals surface area (Å²) >= 11 is 12.1. The Bertz CT molecular complexity index is 1260. The lowest BCUT2D eigenvalue weighted by Gasteiger charge is -2.34. The number of nitrogens with two attached hydrogens (primary N) is 1. The lowest BCUT2D eigenvalue weighted by atomic mass is 10.1. The molecule has 0 aromatic heterocycles. The van der Waals surface area contributed by atoms with Crippen LogP contribution in [0.15, 0.2) is 48.2 Å². The van der Waals surface area contributed by atoms with E-state index in [0.29, 0.717) is 24.3 Å². The average Bonchev–Trinajstić information content (AvgIpc) is 2.90. The van der Waals surface area contributed by atoms with Crippen molar-refractivity contribution in [2.45, 2.75) is 20.0 Å². The van der Waals surface area contributed by atoms with Gasteiger partial charge in [0.2, 0.25) is 0 Å². The van der Waals surface area contributed by atoms with Crippen LogP contribution >= 0.6 is 23.2 Å². The molecule has 38 heavy (non-hydrogen) atoms. The molecule has 12 heteroatoms. The second-order valence-corrected chi connectivity index (χ2v) is 9.37. The van der Waals surface area contributed by atoms with Gasteiger partial charge in [0.15, 0.2) is 0 Å². The van der Waals surface area contributed by atoms with Gasteiger partial charge in [-0.05, 0) is 55.7 Å². The van der Waals surface area contributed by atoms with Gasteiger partial charge in [-0.1, -0.05) is 30.1 Å². The molecule has 1 aliphatic heterocycles. The van der Waals surface area contributed by atoms with E-state index < -0.39 is 35.1 Å². The molecule has 0 saturated carbocycles. The average molecular weight is 562 g/mol. The Morgan fingerprint density at radius 2 is 1.82 bits per heavy atom. The van der Waals surface area contributed by atoms with Crippen molar-refractivity contribution in [3.63, 3.8) is 0 Å². The number of hydrogen-bond donors (Lipinski definition) is 3. The fraction of sp³-hybridized carbons (Fsp3) is 0.308.